The van der Waals surface area contributed by atoms with Crippen molar-refractivity contribution in [2.75, 3.05) is 7.11 Å². The summed E-state index contributed by atoms with van der Waals surface area (Å²) in [5.74, 6) is -2.44. The number of methoxy groups -OCH3 is 1. The summed E-state index contributed by atoms with van der Waals surface area (Å²) in [5, 5.41) is 2.38. The minimum Gasteiger partial charge on any atom is -0.465 e. The van der Waals surface area contributed by atoms with Gasteiger partial charge in [-0.25, -0.2) is 13.6 Å². The normalized spacial score (nSPS) is 10.4. The van der Waals surface area contributed by atoms with Gasteiger partial charge < -0.3 is 14.6 Å². The van der Waals surface area contributed by atoms with Gasteiger partial charge in [-0.15, -0.1) is 0 Å². The van der Waals surface area contributed by atoms with Gasteiger partial charge in [0.2, 0.25) is 5.91 Å². The van der Waals surface area contributed by atoms with Crippen molar-refractivity contribution in [3.63, 3.8) is 0 Å². The summed E-state index contributed by atoms with van der Waals surface area (Å²) in [6, 6.07) is 4.36. The Morgan fingerprint density at radius 2 is 1.80 bits per heavy atom. The van der Waals surface area contributed by atoms with E-state index in [1.165, 1.54) is 26.3 Å². The van der Waals surface area contributed by atoms with Gasteiger partial charge in [-0.05, 0) is 18.2 Å². The average Bonchev–Trinajstić information content (AvgIpc) is 2.57. The van der Waals surface area contributed by atoms with E-state index >= 15 is 0 Å². The van der Waals surface area contributed by atoms with Crippen molar-refractivity contribution in [2.45, 2.75) is 20.0 Å². The summed E-state index contributed by atoms with van der Waals surface area (Å²) in [6.07, 6.45) is 1.22. The zero-order valence-electron chi connectivity index (χ0n) is 13.6. The van der Waals surface area contributed by atoms with Crippen LogP contribution in [0.5, 0.6) is 0 Å². The Morgan fingerprint density at radius 1 is 1.16 bits per heavy atom. The van der Waals surface area contributed by atoms with Crippen molar-refractivity contribution in [3.05, 3.63) is 69.1 Å². The number of ether oxygens (including phenoxy) is 1. The zero-order chi connectivity index (χ0) is 18.6. The number of nitrogens with one attached hydrogen (secondary N) is 1. The van der Waals surface area contributed by atoms with Gasteiger partial charge in [0, 0.05) is 36.9 Å². The van der Waals surface area contributed by atoms with Crippen LogP contribution in [0.4, 0.5) is 8.78 Å². The van der Waals surface area contributed by atoms with Crippen LogP contribution >= 0.6 is 0 Å². The summed E-state index contributed by atoms with van der Waals surface area (Å²) >= 11 is 0. The molecule has 1 aromatic carbocycles. The SMILES string of the molecule is COC(=O)c1ccc(=O)n(Cc2cc(F)c(CNC(C)=O)cc2F)c1. The molecule has 132 valence electrons. The lowest BCUT2D eigenvalue weighted by atomic mass is 10.1. The lowest BCUT2D eigenvalue weighted by Gasteiger charge is -2.11. The summed E-state index contributed by atoms with van der Waals surface area (Å²) in [4.78, 5) is 34.3. The molecule has 0 aliphatic rings. The Hall–Kier alpha value is -3.03. The molecule has 0 bridgehead atoms. The van der Waals surface area contributed by atoms with Crippen LogP contribution in [0.1, 0.15) is 28.4 Å². The second-order valence-electron chi connectivity index (χ2n) is 5.32. The Kier molecular flexibility index (Phi) is 5.63. The number of hydrogen-bond donors (Lipinski definition) is 1. The van der Waals surface area contributed by atoms with Crippen LogP contribution in [-0.2, 0) is 22.6 Å². The third kappa shape index (κ3) is 4.50. The van der Waals surface area contributed by atoms with E-state index in [4.69, 9.17) is 0 Å². The van der Waals surface area contributed by atoms with Gasteiger partial charge in [-0.2, -0.15) is 0 Å². The van der Waals surface area contributed by atoms with E-state index in [0.717, 1.165) is 22.8 Å². The molecule has 6 nitrogen and oxygen atoms in total. The lowest BCUT2D eigenvalue weighted by Crippen LogP contribution is -2.22. The number of rotatable bonds is 5. The highest BCUT2D eigenvalue weighted by Gasteiger charge is 2.13. The standard InChI is InChI=1S/C17H16F2N2O4/c1-10(22)20-7-12-5-15(19)13(6-14(12)18)9-21-8-11(17(24)25-2)3-4-16(21)23/h3-6,8H,7,9H2,1-2H3,(H,20,22). The molecule has 25 heavy (non-hydrogen) atoms. The minimum absolute atomic E-state index is 0.00731. The quantitative estimate of drug-likeness (QED) is 0.831. The summed E-state index contributed by atoms with van der Waals surface area (Å²) < 4.78 is 33.9. The maximum absolute atomic E-state index is 14.2. The van der Waals surface area contributed by atoms with Crippen molar-refractivity contribution < 1.29 is 23.1 Å². The monoisotopic (exact) mass is 350 g/mol. The summed E-state index contributed by atoms with van der Waals surface area (Å²) in [5.41, 5.74) is -0.430. The molecule has 0 saturated heterocycles. The third-order valence-corrected chi connectivity index (χ3v) is 3.49. The molecule has 1 N–H and O–H groups in total. The second-order valence-corrected chi connectivity index (χ2v) is 5.32. The number of aromatic nitrogens is 1. The topological polar surface area (TPSA) is 77.4 Å². The molecule has 0 aliphatic heterocycles. The van der Waals surface area contributed by atoms with Crippen LogP contribution < -0.4 is 10.9 Å². The second kappa shape index (κ2) is 7.69. The van der Waals surface area contributed by atoms with E-state index in [9.17, 15) is 23.2 Å². The van der Waals surface area contributed by atoms with Crippen LogP contribution in [0.25, 0.3) is 0 Å². The fraction of sp³-hybridized carbons (Fsp3) is 0.235. The molecule has 0 saturated carbocycles. The number of carbonyl (C=O) groups is 2. The Bertz CT molecular complexity index is 877. The van der Waals surface area contributed by atoms with Gasteiger partial charge in [-0.3, -0.25) is 9.59 Å². The fourth-order valence-corrected chi connectivity index (χ4v) is 2.18. The summed E-state index contributed by atoms with van der Waals surface area (Å²) in [7, 11) is 1.20. The molecule has 2 rings (SSSR count). The number of amides is 1. The molecule has 1 amide bonds. The molecular weight excluding hydrogens is 334 g/mol. The van der Waals surface area contributed by atoms with Crippen molar-refractivity contribution in [1.82, 2.24) is 9.88 Å². The minimum atomic E-state index is -0.725. The Labute approximate surface area is 142 Å². The number of hydrogen-bond acceptors (Lipinski definition) is 4. The van der Waals surface area contributed by atoms with E-state index < -0.39 is 23.2 Å². The highest BCUT2D eigenvalue weighted by Crippen LogP contribution is 2.16. The first kappa shape index (κ1) is 18.3. The molecule has 0 radical (unpaired) electrons. The van der Waals surface area contributed by atoms with Gasteiger partial charge in [-0.1, -0.05) is 0 Å². The van der Waals surface area contributed by atoms with E-state index in [2.05, 4.69) is 10.1 Å². The summed E-state index contributed by atoms with van der Waals surface area (Å²) in [6.45, 7) is 0.867. The van der Waals surface area contributed by atoms with Crippen LogP contribution in [0.15, 0.2) is 35.3 Å². The maximum Gasteiger partial charge on any atom is 0.339 e. The van der Waals surface area contributed by atoms with Crippen LogP contribution in [0.3, 0.4) is 0 Å². The highest BCUT2D eigenvalue weighted by molar-refractivity contribution is 5.88. The zero-order valence-corrected chi connectivity index (χ0v) is 13.6. The van der Waals surface area contributed by atoms with Gasteiger partial charge in [0.1, 0.15) is 11.6 Å². The molecule has 0 aliphatic carbocycles. The maximum atomic E-state index is 14.2. The Morgan fingerprint density at radius 3 is 2.44 bits per heavy atom. The van der Waals surface area contributed by atoms with Crippen molar-refractivity contribution in [3.8, 4) is 0 Å². The molecule has 1 heterocycles. The number of pyridine rings is 1. The first-order chi connectivity index (χ1) is 11.8. The van der Waals surface area contributed by atoms with E-state index in [1.54, 1.807) is 0 Å². The van der Waals surface area contributed by atoms with Crippen molar-refractivity contribution in [1.29, 1.82) is 0 Å². The van der Waals surface area contributed by atoms with Crippen molar-refractivity contribution in [2.24, 2.45) is 0 Å². The van der Waals surface area contributed by atoms with E-state index in [1.807, 2.05) is 0 Å². The number of nitrogens with zero attached hydrogens (tertiary/aromatic N) is 1. The number of halogens is 2. The van der Waals surface area contributed by atoms with Crippen molar-refractivity contribution >= 4 is 11.9 Å². The smallest absolute Gasteiger partial charge is 0.339 e. The van der Waals surface area contributed by atoms with Gasteiger partial charge >= 0.3 is 5.97 Å². The van der Waals surface area contributed by atoms with Gasteiger partial charge in [0.15, 0.2) is 0 Å². The van der Waals surface area contributed by atoms with E-state index in [0.29, 0.717) is 0 Å². The Balaban J connectivity index is 2.31. The molecule has 8 heteroatoms. The highest BCUT2D eigenvalue weighted by atomic mass is 19.1. The largest absolute Gasteiger partial charge is 0.465 e. The molecular formula is C17H16F2N2O4. The predicted molar refractivity (Wildman–Crippen MR) is 85.0 cm³/mol. The molecule has 0 spiro atoms. The van der Waals surface area contributed by atoms with Crippen LogP contribution in [0, 0.1) is 11.6 Å². The predicted octanol–water partition coefficient (Wildman–Crippen LogP) is 1.60. The number of esters is 1. The number of benzene rings is 1. The molecule has 1 aromatic heterocycles. The molecule has 2 aromatic rings. The third-order valence-electron chi connectivity index (χ3n) is 3.49. The van der Waals surface area contributed by atoms with E-state index in [-0.39, 0.29) is 35.7 Å². The molecule has 0 unspecified atom stereocenters. The van der Waals surface area contributed by atoms with Gasteiger partial charge in [0.25, 0.3) is 5.56 Å². The first-order valence-corrected chi connectivity index (χ1v) is 7.32. The lowest BCUT2D eigenvalue weighted by molar-refractivity contribution is -0.119. The fourth-order valence-electron chi connectivity index (χ4n) is 2.18. The number of carbonyl (C=O) groups excluding carboxylic acids is 2. The first-order valence-electron chi connectivity index (χ1n) is 7.32. The average molecular weight is 350 g/mol. The van der Waals surface area contributed by atoms with Gasteiger partial charge in [0.05, 0.1) is 19.2 Å². The molecule has 0 fully saturated rings. The van der Waals surface area contributed by atoms with Crippen LogP contribution in [0.2, 0.25) is 0 Å². The van der Waals surface area contributed by atoms with Crippen LogP contribution in [-0.4, -0.2) is 23.6 Å². The molecule has 0 atom stereocenters.